The van der Waals surface area contributed by atoms with E-state index in [9.17, 15) is 0 Å². The predicted molar refractivity (Wildman–Crippen MR) is 61.1 cm³/mol. The van der Waals surface area contributed by atoms with Crippen LogP contribution >= 0.6 is 0 Å². The number of unbranched alkanes of at least 4 members (excludes halogenated alkanes) is 1. The summed E-state index contributed by atoms with van der Waals surface area (Å²) in [5, 5.41) is 3.70. The third kappa shape index (κ3) is 7.06. The fourth-order valence-corrected chi connectivity index (χ4v) is 1.63. The lowest BCUT2D eigenvalue weighted by molar-refractivity contribution is 0.385. The SMILES string of the molecule is CCCCC(CCC)NC(C)CC. The Labute approximate surface area is 84.3 Å². The highest BCUT2D eigenvalue weighted by Gasteiger charge is 2.08. The van der Waals surface area contributed by atoms with Gasteiger partial charge in [0.1, 0.15) is 0 Å². The average Bonchev–Trinajstić information content (AvgIpc) is 2.14. The van der Waals surface area contributed by atoms with Crippen LogP contribution in [-0.2, 0) is 0 Å². The van der Waals surface area contributed by atoms with Gasteiger partial charge in [-0.2, -0.15) is 0 Å². The predicted octanol–water partition coefficient (Wildman–Crippen LogP) is 3.73. The fraction of sp³-hybridized carbons (Fsp3) is 1.00. The standard InChI is InChI=1S/C12H27N/c1-5-8-10-12(9-6-2)13-11(4)7-3/h11-13H,5-10H2,1-4H3. The van der Waals surface area contributed by atoms with Crippen molar-refractivity contribution >= 4 is 0 Å². The second-order valence-electron chi connectivity index (χ2n) is 4.10. The molecule has 0 fully saturated rings. The van der Waals surface area contributed by atoms with Crippen molar-refractivity contribution in [3.8, 4) is 0 Å². The van der Waals surface area contributed by atoms with Crippen molar-refractivity contribution in [1.82, 2.24) is 5.32 Å². The van der Waals surface area contributed by atoms with Gasteiger partial charge in [0.05, 0.1) is 0 Å². The highest BCUT2D eigenvalue weighted by atomic mass is 14.9. The number of hydrogen-bond acceptors (Lipinski definition) is 1. The van der Waals surface area contributed by atoms with E-state index in [1.165, 1.54) is 38.5 Å². The summed E-state index contributed by atoms with van der Waals surface area (Å²) in [6.45, 7) is 9.08. The maximum absolute atomic E-state index is 3.70. The number of hydrogen-bond donors (Lipinski definition) is 1. The van der Waals surface area contributed by atoms with E-state index in [2.05, 4.69) is 33.0 Å². The Bertz CT molecular complexity index is 101. The summed E-state index contributed by atoms with van der Waals surface area (Å²) >= 11 is 0. The smallest absolute Gasteiger partial charge is 0.00694 e. The fourth-order valence-electron chi connectivity index (χ4n) is 1.63. The van der Waals surface area contributed by atoms with Crippen LogP contribution in [0.2, 0.25) is 0 Å². The first-order valence-corrected chi connectivity index (χ1v) is 6.00. The van der Waals surface area contributed by atoms with Crippen LogP contribution in [0, 0.1) is 0 Å². The van der Waals surface area contributed by atoms with Gasteiger partial charge in [0.2, 0.25) is 0 Å². The van der Waals surface area contributed by atoms with E-state index in [-0.39, 0.29) is 0 Å². The van der Waals surface area contributed by atoms with Gasteiger partial charge in [-0.25, -0.2) is 0 Å². The molecular weight excluding hydrogens is 158 g/mol. The average molecular weight is 185 g/mol. The van der Waals surface area contributed by atoms with Gasteiger partial charge < -0.3 is 5.32 Å². The van der Waals surface area contributed by atoms with E-state index >= 15 is 0 Å². The van der Waals surface area contributed by atoms with Crippen LogP contribution in [-0.4, -0.2) is 12.1 Å². The summed E-state index contributed by atoms with van der Waals surface area (Å²) in [4.78, 5) is 0. The summed E-state index contributed by atoms with van der Waals surface area (Å²) in [5.74, 6) is 0. The second-order valence-corrected chi connectivity index (χ2v) is 4.10. The summed E-state index contributed by atoms with van der Waals surface area (Å²) in [5.41, 5.74) is 0. The molecule has 1 nitrogen and oxygen atoms in total. The zero-order valence-electron chi connectivity index (χ0n) is 9.90. The molecule has 0 aliphatic rings. The highest BCUT2D eigenvalue weighted by Crippen LogP contribution is 2.08. The van der Waals surface area contributed by atoms with Gasteiger partial charge in [0.25, 0.3) is 0 Å². The molecule has 0 aliphatic carbocycles. The zero-order valence-corrected chi connectivity index (χ0v) is 9.90. The van der Waals surface area contributed by atoms with Crippen LogP contribution in [0.3, 0.4) is 0 Å². The molecule has 0 radical (unpaired) electrons. The van der Waals surface area contributed by atoms with E-state index in [0.717, 1.165) is 6.04 Å². The van der Waals surface area contributed by atoms with Crippen molar-refractivity contribution < 1.29 is 0 Å². The van der Waals surface area contributed by atoms with Crippen LogP contribution in [0.1, 0.15) is 66.2 Å². The molecule has 0 spiro atoms. The van der Waals surface area contributed by atoms with E-state index < -0.39 is 0 Å². The van der Waals surface area contributed by atoms with Gasteiger partial charge in [0.15, 0.2) is 0 Å². The van der Waals surface area contributed by atoms with Crippen molar-refractivity contribution in [2.24, 2.45) is 0 Å². The van der Waals surface area contributed by atoms with Crippen LogP contribution in [0.5, 0.6) is 0 Å². The summed E-state index contributed by atoms with van der Waals surface area (Å²) in [7, 11) is 0. The van der Waals surface area contributed by atoms with Crippen LogP contribution in [0.4, 0.5) is 0 Å². The Morgan fingerprint density at radius 2 is 1.69 bits per heavy atom. The van der Waals surface area contributed by atoms with Crippen LogP contribution in [0.15, 0.2) is 0 Å². The lowest BCUT2D eigenvalue weighted by Crippen LogP contribution is -2.36. The molecule has 0 heterocycles. The monoisotopic (exact) mass is 185 g/mol. The Morgan fingerprint density at radius 3 is 2.15 bits per heavy atom. The molecule has 1 N–H and O–H groups in total. The van der Waals surface area contributed by atoms with Gasteiger partial charge in [-0.05, 0) is 26.2 Å². The van der Waals surface area contributed by atoms with E-state index in [4.69, 9.17) is 0 Å². The van der Waals surface area contributed by atoms with Crippen molar-refractivity contribution in [3.63, 3.8) is 0 Å². The lowest BCUT2D eigenvalue weighted by Gasteiger charge is -2.22. The minimum absolute atomic E-state index is 0.688. The Hall–Kier alpha value is -0.0400. The zero-order chi connectivity index (χ0) is 10.1. The van der Waals surface area contributed by atoms with Crippen molar-refractivity contribution in [3.05, 3.63) is 0 Å². The first-order valence-electron chi connectivity index (χ1n) is 6.00. The Kier molecular flexibility index (Phi) is 8.53. The molecule has 0 bridgehead atoms. The van der Waals surface area contributed by atoms with Crippen LogP contribution in [0.25, 0.3) is 0 Å². The lowest BCUT2D eigenvalue weighted by atomic mass is 10.0. The van der Waals surface area contributed by atoms with E-state index in [0.29, 0.717) is 6.04 Å². The molecule has 80 valence electrons. The van der Waals surface area contributed by atoms with Crippen molar-refractivity contribution in [2.75, 3.05) is 0 Å². The molecule has 0 rings (SSSR count). The van der Waals surface area contributed by atoms with E-state index in [1.807, 2.05) is 0 Å². The molecule has 0 amide bonds. The van der Waals surface area contributed by atoms with Crippen molar-refractivity contribution in [1.29, 1.82) is 0 Å². The molecule has 0 aromatic heterocycles. The molecule has 0 aromatic carbocycles. The Morgan fingerprint density at radius 1 is 1.00 bits per heavy atom. The van der Waals surface area contributed by atoms with Gasteiger partial charge >= 0.3 is 0 Å². The first-order chi connectivity index (χ1) is 6.24. The number of nitrogens with one attached hydrogen (secondary N) is 1. The highest BCUT2D eigenvalue weighted by molar-refractivity contribution is 4.70. The van der Waals surface area contributed by atoms with Gasteiger partial charge in [-0.15, -0.1) is 0 Å². The summed E-state index contributed by atoms with van der Waals surface area (Å²) in [6, 6.07) is 1.45. The molecule has 0 aromatic rings. The minimum Gasteiger partial charge on any atom is -0.312 e. The normalized spacial score (nSPS) is 15.7. The Balaban J connectivity index is 3.65. The van der Waals surface area contributed by atoms with Crippen molar-refractivity contribution in [2.45, 2.75) is 78.3 Å². The van der Waals surface area contributed by atoms with Gasteiger partial charge in [-0.1, -0.05) is 40.0 Å². The van der Waals surface area contributed by atoms with Gasteiger partial charge in [0, 0.05) is 12.1 Å². The maximum atomic E-state index is 3.70. The quantitative estimate of drug-likeness (QED) is 0.607. The molecule has 2 atom stereocenters. The summed E-state index contributed by atoms with van der Waals surface area (Å²) < 4.78 is 0. The minimum atomic E-state index is 0.688. The molecule has 0 saturated heterocycles. The van der Waals surface area contributed by atoms with Crippen LogP contribution < -0.4 is 5.32 Å². The third-order valence-electron chi connectivity index (χ3n) is 2.68. The molecule has 0 aliphatic heterocycles. The molecule has 1 heteroatoms. The molecule has 13 heavy (non-hydrogen) atoms. The topological polar surface area (TPSA) is 12.0 Å². The van der Waals surface area contributed by atoms with E-state index in [1.54, 1.807) is 0 Å². The first kappa shape index (κ1) is 13.0. The summed E-state index contributed by atoms with van der Waals surface area (Å²) in [6.07, 6.45) is 7.93. The second kappa shape index (κ2) is 8.55. The third-order valence-corrected chi connectivity index (χ3v) is 2.68. The molecule has 2 unspecified atom stereocenters. The van der Waals surface area contributed by atoms with Gasteiger partial charge in [-0.3, -0.25) is 0 Å². The largest absolute Gasteiger partial charge is 0.312 e. The number of rotatable bonds is 8. The maximum Gasteiger partial charge on any atom is 0.00694 e. The molecular formula is C12H27N. The molecule has 0 saturated carbocycles.